The molecule has 3 rings (SSSR count). The number of para-hydroxylation sites is 1. The standard InChI is InChI=1S/C15H18N2O3/c1-10-3-2-4-12(14(10)19)15(20)16-7-8-17-11(9-16)5-6-13(17)18/h2-4,11,19H,5-9H2,1H3/t11-/m0/s1. The number of aromatic hydroxyl groups is 1. The highest BCUT2D eigenvalue weighted by atomic mass is 16.3. The van der Waals surface area contributed by atoms with Crippen molar-refractivity contribution in [3.8, 4) is 5.75 Å². The van der Waals surface area contributed by atoms with Crippen molar-refractivity contribution < 1.29 is 14.7 Å². The lowest BCUT2D eigenvalue weighted by molar-refractivity contribution is -0.130. The van der Waals surface area contributed by atoms with Crippen LogP contribution in [0.3, 0.4) is 0 Å². The minimum Gasteiger partial charge on any atom is -0.507 e. The van der Waals surface area contributed by atoms with Crippen LogP contribution in [0.2, 0.25) is 0 Å². The van der Waals surface area contributed by atoms with Crippen LogP contribution in [0.1, 0.15) is 28.8 Å². The first-order chi connectivity index (χ1) is 9.58. The number of rotatable bonds is 1. The van der Waals surface area contributed by atoms with Crippen LogP contribution < -0.4 is 0 Å². The zero-order chi connectivity index (χ0) is 14.3. The second kappa shape index (κ2) is 4.81. The second-order valence-corrected chi connectivity index (χ2v) is 5.50. The summed E-state index contributed by atoms with van der Waals surface area (Å²) in [6.45, 7) is 3.48. The molecule has 0 aromatic heterocycles. The summed E-state index contributed by atoms with van der Waals surface area (Å²) in [6, 6.07) is 5.35. The molecule has 20 heavy (non-hydrogen) atoms. The van der Waals surface area contributed by atoms with E-state index in [4.69, 9.17) is 0 Å². The van der Waals surface area contributed by atoms with Gasteiger partial charge in [-0.05, 0) is 25.0 Å². The zero-order valence-electron chi connectivity index (χ0n) is 11.5. The van der Waals surface area contributed by atoms with Gasteiger partial charge in [-0.3, -0.25) is 9.59 Å². The van der Waals surface area contributed by atoms with Crippen LogP contribution in [-0.2, 0) is 4.79 Å². The average molecular weight is 274 g/mol. The molecule has 0 saturated carbocycles. The van der Waals surface area contributed by atoms with E-state index in [1.54, 1.807) is 30.0 Å². The van der Waals surface area contributed by atoms with Crippen LogP contribution >= 0.6 is 0 Å². The van der Waals surface area contributed by atoms with Crippen molar-refractivity contribution in [1.29, 1.82) is 0 Å². The van der Waals surface area contributed by atoms with Crippen LogP contribution in [0.4, 0.5) is 0 Å². The highest BCUT2D eigenvalue weighted by molar-refractivity contribution is 5.97. The maximum absolute atomic E-state index is 12.5. The van der Waals surface area contributed by atoms with Crippen molar-refractivity contribution in [2.24, 2.45) is 0 Å². The smallest absolute Gasteiger partial charge is 0.257 e. The Morgan fingerprint density at radius 1 is 1.35 bits per heavy atom. The van der Waals surface area contributed by atoms with E-state index in [0.29, 0.717) is 37.2 Å². The molecule has 1 N–H and O–H groups in total. The molecule has 2 amide bonds. The molecule has 2 aliphatic heterocycles. The Morgan fingerprint density at radius 2 is 2.15 bits per heavy atom. The fourth-order valence-electron chi connectivity index (χ4n) is 3.05. The van der Waals surface area contributed by atoms with E-state index in [1.165, 1.54) is 0 Å². The minimum absolute atomic E-state index is 0.0578. The highest BCUT2D eigenvalue weighted by Crippen LogP contribution is 2.27. The van der Waals surface area contributed by atoms with E-state index in [9.17, 15) is 14.7 Å². The van der Waals surface area contributed by atoms with E-state index in [0.717, 1.165) is 6.42 Å². The number of carbonyl (C=O) groups is 2. The molecule has 106 valence electrons. The Balaban J connectivity index is 1.79. The summed E-state index contributed by atoms with van der Waals surface area (Å²) >= 11 is 0. The van der Waals surface area contributed by atoms with Crippen LogP contribution in [0, 0.1) is 6.92 Å². The summed E-state index contributed by atoms with van der Waals surface area (Å²) in [6.07, 6.45) is 1.41. The van der Waals surface area contributed by atoms with Crippen LogP contribution in [0.5, 0.6) is 5.75 Å². The molecule has 0 bridgehead atoms. The van der Waals surface area contributed by atoms with Gasteiger partial charge in [-0.1, -0.05) is 12.1 Å². The van der Waals surface area contributed by atoms with Crippen molar-refractivity contribution >= 4 is 11.8 Å². The van der Waals surface area contributed by atoms with E-state index < -0.39 is 0 Å². The van der Waals surface area contributed by atoms with E-state index >= 15 is 0 Å². The van der Waals surface area contributed by atoms with Crippen molar-refractivity contribution in [2.75, 3.05) is 19.6 Å². The Labute approximate surface area is 117 Å². The molecule has 5 heteroatoms. The second-order valence-electron chi connectivity index (χ2n) is 5.50. The van der Waals surface area contributed by atoms with Crippen molar-refractivity contribution in [3.05, 3.63) is 29.3 Å². The molecule has 2 fully saturated rings. The number of phenols is 1. The van der Waals surface area contributed by atoms with Crippen molar-refractivity contribution in [2.45, 2.75) is 25.8 Å². The van der Waals surface area contributed by atoms with Gasteiger partial charge in [-0.25, -0.2) is 0 Å². The predicted molar refractivity (Wildman–Crippen MR) is 73.5 cm³/mol. The monoisotopic (exact) mass is 274 g/mol. The third-order valence-electron chi connectivity index (χ3n) is 4.25. The van der Waals surface area contributed by atoms with Crippen molar-refractivity contribution in [3.63, 3.8) is 0 Å². The van der Waals surface area contributed by atoms with Gasteiger partial charge in [-0.2, -0.15) is 0 Å². The minimum atomic E-state index is -0.148. The summed E-state index contributed by atoms with van der Waals surface area (Å²) in [5.74, 6) is 0.105. The molecule has 0 aliphatic carbocycles. The SMILES string of the molecule is Cc1cccc(C(=O)N2CCN3C(=O)CC[C@H]3C2)c1O. The summed E-state index contributed by atoms with van der Waals surface area (Å²) in [4.78, 5) is 27.8. The molecule has 2 aliphatic rings. The number of benzene rings is 1. The Bertz CT molecular complexity index is 570. The van der Waals surface area contributed by atoms with Gasteiger partial charge in [0.1, 0.15) is 5.75 Å². The van der Waals surface area contributed by atoms with Crippen LogP contribution in [0.25, 0.3) is 0 Å². The van der Waals surface area contributed by atoms with Gasteiger partial charge in [0.25, 0.3) is 5.91 Å². The number of hydrogen-bond donors (Lipinski definition) is 1. The summed E-state index contributed by atoms with van der Waals surface area (Å²) in [5.41, 5.74) is 1.05. The fraction of sp³-hybridized carbons (Fsp3) is 0.467. The third-order valence-corrected chi connectivity index (χ3v) is 4.25. The number of nitrogens with zero attached hydrogens (tertiary/aromatic N) is 2. The molecule has 5 nitrogen and oxygen atoms in total. The predicted octanol–water partition coefficient (Wildman–Crippen LogP) is 1.15. The molecular formula is C15H18N2O3. The molecule has 1 aromatic carbocycles. The average Bonchev–Trinajstić information content (AvgIpc) is 2.82. The lowest BCUT2D eigenvalue weighted by atomic mass is 10.1. The third kappa shape index (κ3) is 2.03. The Morgan fingerprint density at radius 3 is 2.95 bits per heavy atom. The molecule has 2 saturated heterocycles. The number of piperazine rings is 1. The quantitative estimate of drug-likeness (QED) is 0.835. The lowest BCUT2D eigenvalue weighted by Crippen LogP contribution is -2.53. The van der Waals surface area contributed by atoms with Gasteiger partial charge < -0.3 is 14.9 Å². The van der Waals surface area contributed by atoms with Crippen LogP contribution in [0.15, 0.2) is 18.2 Å². The number of hydrogen-bond acceptors (Lipinski definition) is 3. The molecule has 1 aromatic rings. The number of fused-ring (bicyclic) bond motifs is 1. The number of carbonyl (C=O) groups excluding carboxylic acids is 2. The maximum Gasteiger partial charge on any atom is 0.257 e. The van der Waals surface area contributed by atoms with Crippen molar-refractivity contribution in [1.82, 2.24) is 9.80 Å². The zero-order valence-corrected chi connectivity index (χ0v) is 11.5. The first kappa shape index (κ1) is 13.0. The lowest BCUT2D eigenvalue weighted by Gasteiger charge is -2.37. The Hall–Kier alpha value is -2.04. The number of phenolic OH excluding ortho intramolecular Hbond substituents is 1. The van der Waals surface area contributed by atoms with Gasteiger partial charge in [0.15, 0.2) is 0 Å². The largest absolute Gasteiger partial charge is 0.507 e. The van der Waals surface area contributed by atoms with Gasteiger partial charge >= 0.3 is 0 Å². The molecule has 0 unspecified atom stereocenters. The number of aryl methyl sites for hydroxylation is 1. The van der Waals surface area contributed by atoms with Gasteiger partial charge in [0.2, 0.25) is 5.91 Å². The Kier molecular flexibility index (Phi) is 3.12. The maximum atomic E-state index is 12.5. The van der Waals surface area contributed by atoms with E-state index in [2.05, 4.69) is 0 Å². The summed E-state index contributed by atoms with van der Waals surface area (Å²) in [5, 5.41) is 10.0. The summed E-state index contributed by atoms with van der Waals surface area (Å²) in [7, 11) is 0. The normalized spacial score (nSPS) is 22.1. The first-order valence-corrected chi connectivity index (χ1v) is 6.95. The fourth-order valence-corrected chi connectivity index (χ4v) is 3.05. The first-order valence-electron chi connectivity index (χ1n) is 6.95. The molecular weight excluding hydrogens is 256 g/mol. The molecule has 2 heterocycles. The summed E-state index contributed by atoms with van der Waals surface area (Å²) < 4.78 is 0. The molecule has 0 radical (unpaired) electrons. The van der Waals surface area contributed by atoms with Gasteiger partial charge in [0.05, 0.1) is 5.56 Å². The van der Waals surface area contributed by atoms with Gasteiger partial charge in [0, 0.05) is 32.1 Å². The van der Waals surface area contributed by atoms with E-state index in [1.807, 2.05) is 4.90 Å². The van der Waals surface area contributed by atoms with Gasteiger partial charge in [-0.15, -0.1) is 0 Å². The highest BCUT2D eigenvalue weighted by Gasteiger charge is 2.37. The topological polar surface area (TPSA) is 60.9 Å². The van der Waals surface area contributed by atoms with E-state index in [-0.39, 0.29) is 23.6 Å². The van der Waals surface area contributed by atoms with Crippen LogP contribution in [-0.4, -0.2) is 52.4 Å². The number of amides is 2. The molecule has 0 spiro atoms. The molecule has 1 atom stereocenters.